The zero-order valence-electron chi connectivity index (χ0n) is 27.4. The Morgan fingerprint density at radius 1 is 0.429 bits per heavy atom. The average Bonchev–Trinajstić information content (AvgIpc) is 3.15. The number of carbonyl (C=O) groups is 4. The number of aliphatic hydroxyl groups is 1. The second-order valence-electron chi connectivity index (χ2n) is 12.3. The Labute approximate surface area is 308 Å². The zero-order valence-corrected chi connectivity index (χ0v) is 27.4. The van der Waals surface area contributed by atoms with Crippen LogP contribution in [0, 0.1) is 0 Å². The second-order valence-corrected chi connectivity index (χ2v) is 12.3. The molecule has 4 aromatic carbocycles. The molecule has 13 N–H and O–H groups in total. The van der Waals surface area contributed by atoms with Gasteiger partial charge in [-0.2, -0.15) is 0 Å². The molecule has 5 unspecified atom stereocenters. The molecular formula is C34H24O22. The third-order valence-corrected chi connectivity index (χ3v) is 9.10. The van der Waals surface area contributed by atoms with Crippen LogP contribution in [-0.2, 0) is 23.7 Å². The third kappa shape index (κ3) is 5.34. The first kappa shape index (κ1) is 36.6. The molecule has 1 fully saturated rings. The summed E-state index contributed by atoms with van der Waals surface area (Å²) in [4.78, 5) is 55.2. The topological polar surface area (TPSA) is 377 Å². The van der Waals surface area contributed by atoms with Crippen molar-refractivity contribution in [1.29, 1.82) is 0 Å². The number of aromatic hydroxyl groups is 12. The molecule has 0 saturated carbocycles. The molecule has 4 aromatic rings. The first-order valence-electron chi connectivity index (χ1n) is 15.6. The van der Waals surface area contributed by atoms with Gasteiger partial charge in [0.2, 0.25) is 35.4 Å². The summed E-state index contributed by atoms with van der Waals surface area (Å²) >= 11 is 0. The van der Waals surface area contributed by atoms with Gasteiger partial charge in [-0.3, -0.25) is 0 Å². The minimum Gasteiger partial charge on any atom is -0.504 e. The van der Waals surface area contributed by atoms with Gasteiger partial charge in [0, 0.05) is 22.3 Å². The predicted molar refractivity (Wildman–Crippen MR) is 173 cm³/mol. The predicted octanol–water partition coefficient (Wildman–Crippen LogP) is 0.665. The number of esters is 4. The van der Waals surface area contributed by atoms with Crippen LogP contribution in [0.3, 0.4) is 0 Å². The maximum atomic E-state index is 14.0. The van der Waals surface area contributed by atoms with Gasteiger partial charge in [-0.15, -0.1) is 0 Å². The number of hydrogen-bond acceptors (Lipinski definition) is 22. The molecule has 3 heterocycles. The van der Waals surface area contributed by atoms with E-state index in [-0.39, 0.29) is 0 Å². The maximum Gasteiger partial charge on any atom is 0.341 e. The summed E-state index contributed by atoms with van der Waals surface area (Å²) < 4.78 is 27.2. The Morgan fingerprint density at radius 2 is 0.750 bits per heavy atom. The van der Waals surface area contributed by atoms with Crippen molar-refractivity contribution in [3.8, 4) is 91.2 Å². The highest BCUT2D eigenvalue weighted by atomic mass is 16.7. The van der Waals surface area contributed by atoms with Crippen molar-refractivity contribution in [3.05, 3.63) is 46.5 Å². The lowest BCUT2D eigenvalue weighted by Crippen LogP contribution is -2.62. The average molecular weight is 785 g/mol. The van der Waals surface area contributed by atoms with Gasteiger partial charge in [-0.05, 0) is 24.3 Å². The standard InChI is InChI=1S/C34H24O22/c35-10-1-6-15(24(44)19(10)39)18-9(4-13(38)22(42)27(18)47)33(51)56-34-29-28(23(43)14(53-34)5-52-30(6)48)54-31(49)7-2-11(36)20(40)25(45)16(7)17-8(32(50)55-29)3-12(37)21(41)26(17)46/h1-4,14,23,28-29,34-47H,5H2. The largest absolute Gasteiger partial charge is 0.504 e. The fourth-order valence-corrected chi connectivity index (χ4v) is 6.40. The highest BCUT2D eigenvalue weighted by Crippen LogP contribution is 2.55. The molecule has 3 aliphatic rings. The maximum absolute atomic E-state index is 14.0. The normalized spacial score (nSPS) is 21.8. The molecule has 7 rings (SSSR count). The van der Waals surface area contributed by atoms with Crippen molar-refractivity contribution < 1.29 is 109 Å². The Hall–Kier alpha value is -7.72. The number of ether oxygens (including phenoxy) is 5. The van der Waals surface area contributed by atoms with E-state index in [1.807, 2.05) is 0 Å². The lowest BCUT2D eigenvalue weighted by atomic mass is 9.90. The van der Waals surface area contributed by atoms with Crippen LogP contribution in [0.25, 0.3) is 22.3 Å². The van der Waals surface area contributed by atoms with Gasteiger partial charge < -0.3 is 90.1 Å². The number of cyclic esters (lactones) is 1. The third-order valence-electron chi connectivity index (χ3n) is 9.10. The summed E-state index contributed by atoms with van der Waals surface area (Å²) in [7, 11) is 0. The number of phenolic OH excluding ortho intramolecular Hbond substituents is 12. The Morgan fingerprint density at radius 3 is 1.12 bits per heavy atom. The van der Waals surface area contributed by atoms with Crippen molar-refractivity contribution in [1.82, 2.24) is 0 Å². The molecule has 0 aromatic heterocycles. The number of phenols is 12. The molecule has 1 saturated heterocycles. The van der Waals surface area contributed by atoms with E-state index in [4.69, 9.17) is 23.7 Å². The second kappa shape index (κ2) is 12.7. The molecule has 5 atom stereocenters. The molecule has 22 nitrogen and oxygen atoms in total. The van der Waals surface area contributed by atoms with Crippen molar-refractivity contribution in [3.63, 3.8) is 0 Å². The van der Waals surface area contributed by atoms with Gasteiger partial charge in [0.05, 0.1) is 22.3 Å². The van der Waals surface area contributed by atoms with E-state index in [9.17, 15) is 85.6 Å². The molecule has 0 spiro atoms. The van der Waals surface area contributed by atoms with Gasteiger partial charge in [0.25, 0.3) is 0 Å². The van der Waals surface area contributed by atoms with Crippen LogP contribution in [0.5, 0.6) is 69.0 Å². The van der Waals surface area contributed by atoms with Crippen LogP contribution in [0.4, 0.5) is 0 Å². The SMILES string of the molecule is O=C1OCC2OC(OC(=O)c3cc(O)c(O)c(O)c3-c3c1cc(O)c(O)c3O)C1OC(=O)c3cc(O)c(O)c(O)c3-c3c(cc(O)c(O)c3O)C(=O)OC1C2O. The molecule has 2 bridgehead atoms. The minimum atomic E-state index is -2.38. The number of benzene rings is 4. The lowest BCUT2D eigenvalue weighted by Gasteiger charge is -2.43. The Balaban J connectivity index is 1.44. The molecule has 0 aliphatic carbocycles. The van der Waals surface area contributed by atoms with Gasteiger partial charge in [-0.25, -0.2) is 19.2 Å². The summed E-state index contributed by atoms with van der Waals surface area (Å²) in [5.74, 6) is -22.0. The molecule has 22 heteroatoms. The number of rotatable bonds is 0. The van der Waals surface area contributed by atoms with Crippen LogP contribution in [0.15, 0.2) is 24.3 Å². The molecular weight excluding hydrogens is 760 g/mol. The van der Waals surface area contributed by atoms with E-state index < -0.39 is 175 Å². The molecule has 292 valence electrons. The van der Waals surface area contributed by atoms with Gasteiger partial charge in [0.15, 0.2) is 52.1 Å². The fraction of sp³-hybridized carbons (Fsp3) is 0.176. The van der Waals surface area contributed by atoms with Gasteiger partial charge in [-0.1, -0.05) is 0 Å². The van der Waals surface area contributed by atoms with Crippen molar-refractivity contribution in [2.75, 3.05) is 6.61 Å². The van der Waals surface area contributed by atoms with Gasteiger partial charge >= 0.3 is 23.9 Å². The van der Waals surface area contributed by atoms with Crippen molar-refractivity contribution in [2.24, 2.45) is 0 Å². The van der Waals surface area contributed by atoms with Gasteiger partial charge in [0.1, 0.15) is 18.8 Å². The number of fused-ring (bicyclic) bond motifs is 10. The van der Waals surface area contributed by atoms with E-state index in [2.05, 4.69) is 0 Å². The van der Waals surface area contributed by atoms with E-state index in [0.717, 1.165) is 0 Å². The summed E-state index contributed by atoms with van der Waals surface area (Å²) in [5.41, 5.74) is -7.84. The molecule has 0 radical (unpaired) electrons. The van der Waals surface area contributed by atoms with Crippen LogP contribution < -0.4 is 0 Å². The number of hydrogen-bond donors (Lipinski definition) is 13. The number of aliphatic hydroxyl groups excluding tert-OH is 1. The first-order chi connectivity index (χ1) is 26.3. The van der Waals surface area contributed by atoms with Crippen LogP contribution in [-0.4, -0.2) is 128 Å². The summed E-state index contributed by atoms with van der Waals surface area (Å²) in [6.07, 6.45) is -11.1. The fourth-order valence-electron chi connectivity index (χ4n) is 6.40. The highest BCUT2D eigenvalue weighted by molar-refractivity contribution is 6.10. The van der Waals surface area contributed by atoms with Crippen molar-refractivity contribution in [2.45, 2.75) is 30.7 Å². The summed E-state index contributed by atoms with van der Waals surface area (Å²) in [6.45, 7) is -1.08. The smallest absolute Gasteiger partial charge is 0.341 e. The number of carbonyl (C=O) groups excluding carboxylic acids is 4. The minimum absolute atomic E-state index is 0.447. The quantitative estimate of drug-likeness (QED) is 0.0661. The van der Waals surface area contributed by atoms with E-state index in [1.54, 1.807) is 0 Å². The Bertz CT molecular complexity index is 2420. The summed E-state index contributed by atoms with van der Waals surface area (Å²) in [5, 5.41) is 137. The summed E-state index contributed by atoms with van der Waals surface area (Å²) in [6, 6.07) is 1.93. The van der Waals surface area contributed by atoms with E-state index in [0.29, 0.717) is 24.3 Å². The molecule has 0 amide bonds. The highest BCUT2D eigenvalue weighted by Gasteiger charge is 2.53. The zero-order chi connectivity index (χ0) is 40.8. The molecule has 56 heavy (non-hydrogen) atoms. The van der Waals surface area contributed by atoms with E-state index >= 15 is 0 Å². The molecule has 3 aliphatic heterocycles. The first-order valence-corrected chi connectivity index (χ1v) is 15.6. The van der Waals surface area contributed by atoms with Crippen LogP contribution in [0.1, 0.15) is 41.4 Å². The van der Waals surface area contributed by atoms with Crippen LogP contribution >= 0.6 is 0 Å². The van der Waals surface area contributed by atoms with Crippen LogP contribution in [0.2, 0.25) is 0 Å². The van der Waals surface area contributed by atoms with E-state index in [1.165, 1.54) is 0 Å². The van der Waals surface area contributed by atoms with Crippen molar-refractivity contribution >= 4 is 23.9 Å². The Kier molecular flexibility index (Phi) is 8.31. The lowest BCUT2D eigenvalue weighted by molar-refractivity contribution is -0.283. The monoisotopic (exact) mass is 784 g/mol.